The van der Waals surface area contributed by atoms with Crippen molar-refractivity contribution in [2.45, 2.75) is 6.54 Å². The molecule has 2 amide bonds. The van der Waals surface area contributed by atoms with Crippen LogP contribution in [-0.4, -0.2) is 25.2 Å². The first kappa shape index (κ1) is 19.3. The normalized spacial score (nSPS) is 11.6. The summed E-state index contributed by atoms with van der Waals surface area (Å²) in [5.74, 6) is 1.06. The molecule has 0 saturated heterocycles. The number of rotatable bonds is 7. The van der Waals surface area contributed by atoms with Crippen molar-refractivity contribution < 1.29 is 23.8 Å². The summed E-state index contributed by atoms with van der Waals surface area (Å²) in [6, 6.07) is 21.5. The summed E-state index contributed by atoms with van der Waals surface area (Å²) in [5, 5.41) is 5.59. The van der Waals surface area contributed by atoms with Crippen molar-refractivity contribution in [2.24, 2.45) is 0 Å². The first-order valence-electron chi connectivity index (χ1n) is 9.42. The Morgan fingerprint density at radius 2 is 1.67 bits per heavy atom. The average molecular weight is 404 g/mol. The molecule has 0 bridgehead atoms. The number of carbonyl (C=O) groups excluding carboxylic acids is 2. The van der Waals surface area contributed by atoms with Crippen LogP contribution in [-0.2, 0) is 11.3 Å². The van der Waals surface area contributed by atoms with Gasteiger partial charge in [0.2, 0.25) is 6.79 Å². The molecule has 0 atom stereocenters. The molecule has 3 aromatic rings. The average Bonchev–Trinajstić information content (AvgIpc) is 3.25. The van der Waals surface area contributed by atoms with Crippen LogP contribution in [0.4, 0.5) is 5.69 Å². The van der Waals surface area contributed by atoms with Crippen molar-refractivity contribution in [1.82, 2.24) is 5.32 Å². The van der Waals surface area contributed by atoms with E-state index in [1.165, 1.54) is 0 Å². The summed E-state index contributed by atoms with van der Waals surface area (Å²) in [5.41, 5.74) is 1.79. The van der Waals surface area contributed by atoms with E-state index < -0.39 is 0 Å². The lowest BCUT2D eigenvalue weighted by Gasteiger charge is -2.12. The van der Waals surface area contributed by atoms with Crippen molar-refractivity contribution in [1.29, 1.82) is 0 Å². The molecule has 0 saturated carbocycles. The lowest BCUT2D eigenvalue weighted by molar-refractivity contribution is -0.118. The molecule has 30 heavy (non-hydrogen) atoms. The SMILES string of the molecule is O=C(COc1ccc2c(c1)OCO2)Nc1ccccc1C(=O)NCc1ccccc1. The van der Waals surface area contributed by atoms with Crippen LogP contribution >= 0.6 is 0 Å². The lowest BCUT2D eigenvalue weighted by Crippen LogP contribution is -2.26. The second-order valence-electron chi connectivity index (χ2n) is 6.57. The van der Waals surface area contributed by atoms with E-state index in [0.717, 1.165) is 5.56 Å². The second-order valence-corrected chi connectivity index (χ2v) is 6.57. The summed E-state index contributed by atoms with van der Waals surface area (Å²) in [7, 11) is 0. The maximum atomic E-state index is 12.6. The minimum atomic E-state index is -0.379. The fourth-order valence-corrected chi connectivity index (χ4v) is 2.97. The fourth-order valence-electron chi connectivity index (χ4n) is 2.97. The topological polar surface area (TPSA) is 85.9 Å². The maximum absolute atomic E-state index is 12.6. The van der Waals surface area contributed by atoms with Gasteiger partial charge in [0.1, 0.15) is 5.75 Å². The third kappa shape index (κ3) is 4.70. The van der Waals surface area contributed by atoms with Gasteiger partial charge in [0, 0.05) is 12.6 Å². The molecule has 7 nitrogen and oxygen atoms in total. The molecule has 0 spiro atoms. The minimum Gasteiger partial charge on any atom is -0.484 e. The smallest absolute Gasteiger partial charge is 0.262 e. The van der Waals surface area contributed by atoms with E-state index in [2.05, 4.69) is 10.6 Å². The number of anilines is 1. The summed E-state index contributed by atoms with van der Waals surface area (Å²) < 4.78 is 16.1. The molecule has 4 rings (SSSR count). The van der Waals surface area contributed by atoms with Gasteiger partial charge in [0.15, 0.2) is 18.1 Å². The van der Waals surface area contributed by atoms with E-state index in [-0.39, 0.29) is 25.2 Å². The summed E-state index contributed by atoms with van der Waals surface area (Å²) in [4.78, 5) is 24.9. The van der Waals surface area contributed by atoms with E-state index >= 15 is 0 Å². The third-order valence-electron chi connectivity index (χ3n) is 4.46. The van der Waals surface area contributed by atoms with Crippen LogP contribution in [0.25, 0.3) is 0 Å². The van der Waals surface area contributed by atoms with Crippen LogP contribution in [0.2, 0.25) is 0 Å². The highest BCUT2D eigenvalue weighted by atomic mass is 16.7. The Kier molecular flexibility index (Phi) is 5.80. The number of benzene rings is 3. The first-order chi connectivity index (χ1) is 14.7. The Bertz CT molecular complexity index is 1050. The number of carbonyl (C=O) groups is 2. The van der Waals surface area contributed by atoms with Gasteiger partial charge in [-0.1, -0.05) is 42.5 Å². The first-order valence-corrected chi connectivity index (χ1v) is 9.42. The zero-order valence-corrected chi connectivity index (χ0v) is 16.1. The molecule has 0 radical (unpaired) electrons. The molecule has 1 aliphatic heterocycles. The largest absolute Gasteiger partial charge is 0.484 e. The fraction of sp³-hybridized carbons (Fsp3) is 0.130. The quantitative estimate of drug-likeness (QED) is 0.631. The van der Waals surface area contributed by atoms with Crippen molar-refractivity contribution in [2.75, 3.05) is 18.7 Å². The number of amides is 2. The minimum absolute atomic E-state index is 0.169. The molecular weight excluding hydrogens is 384 g/mol. The Morgan fingerprint density at radius 3 is 2.53 bits per heavy atom. The van der Waals surface area contributed by atoms with E-state index in [9.17, 15) is 9.59 Å². The number of ether oxygens (including phenoxy) is 3. The van der Waals surface area contributed by atoms with Crippen LogP contribution in [0.1, 0.15) is 15.9 Å². The molecule has 0 fully saturated rings. The van der Waals surface area contributed by atoms with Crippen LogP contribution in [0, 0.1) is 0 Å². The van der Waals surface area contributed by atoms with Gasteiger partial charge in [-0.05, 0) is 29.8 Å². The van der Waals surface area contributed by atoms with E-state index in [1.807, 2.05) is 30.3 Å². The Morgan fingerprint density at radius 1 is 0.900 bits per heavy atom. The van der Waals surface area contributed by atoms with E-state index in [1.54, 1.807) is 42.5 Å². The predicted molar refractivity (Wildman–Crippen MR) is 111 cm³/mol. The standard InChI is InChI=1S/C23H20N2O5/c26-22(14-28-17-10-11-20-21(12-17)30-15-29-20)25-19-9-5-4-8-18(19)23(27)24-13-16-6-2-1-3-7-16/h1-12H,13-15H2,(H,24,27)(H,25,26). The Hall–Kier alpha value is -4.00. The van der Waals surface area contributed by atoms with Crippen molar-refractivity contribution in [3.05, 3.63) is 83.9 Å². The summed E-state index contributed by atoms with van der Waals surface area (Å²) in [6.45, 7) is 0.358. The molecule has 0 unspecified atom stereocenters. The second kappa shape index (κ2) is 9.00. The molecule has 1 heterocycles. The Labute approximate surface area is 173 Å². The monoisotopic (exact) mass is 404 g/mol. The van der Waals surface area contributed by atoms with Crippen LogP contribution < -0.4 is 24.8 Å². The van der Waals surface area contributed by atoms with Crippen LogP contribution in [0.5, 0.6) is 17.2 Å². The third-order valence-corrected chi connectivity index (χ3v) is 4.46. The van der Waals surface area contributed by atoms with E-state index in [4.69, 9.17) is 14.2 Å². The van der Waals surface area contributed by atoms with Gasteiger partial charge in [0.25, 0.3) is 11.8 Å². The van der Waals surface area contributed by atoms with Gasteiger partial charge in [-0.15, -0.1) is 0 Å². The number of hydrogen-bond acceptors (Lipinski definition) is 5. The predicted octanol–water partition coefficient (Wildman–Crippen LogP) is 3.36. The van der Waals surface area contributed by atoms with Gasteiger partial charge < -0.3 is 24.8 Å². The van der Waals surface area contributed by atoms with Gasteiger partial charge >= 0.3 is 0 Å². The van der Waals surface area contributed by atoms with Gasteiger partial charge in [-0.3, -0.25) is 9.59 Å². The van der Waals surface area contributed by atoms with Crippen molar-refractivity contribution >= 4 is 17.5 Å². The highest BCUT2D eigenvalue weighted by molar-refractivity contribution is 6.04. The van der Waals surface area contributed by atoms with Gasteiger partial charge in [0.05, 0.1) is 11.3 Å². The molecule has 152 valence electrons. The highest BCUT2D eigenvalue weighted by Crippen LogP contribution is 2.35. The molecule has 7 heteroatoms. The summed E-state index contributed by atoms with van der Waals surface area (Å²) >= 11 is 0. The summed E-state index contributed by atoms with van der Waals surface area (Å²) in [6.07, 6.45) is 0. The molecule has 2 N–H and O–H groups in total. The zero-order valence-electron chi connectivity index (χ0n) is 16.1. The lowest BCUT2D eigenvalue weighted by atomic mass is 10.1. The van der Waals surface area contributed by atoms with Gasteiger partial charge in [-0.2, -0.15) is 0 Å². The van der Waals surface area contributed by atoms with Crippen LogP contribution in [0.3, 0.4) is 0 Å². The molecule has 0 aromatic heterocycles. The number of fused-ring (bicyclic) bond motifs is 1. The molecule has 0 aliphatic carbocycles. The van der Waals surface area contributed by atoms with Crippen molar-refractivity contribution in [3.8, 4) is 17.2 Å². The maximum Gasteiger partial charge on any atom is 0.262 e. The molecular formula is C23H20N2O5. The van der Waals surface area contributed by atoms with Crippen molar-refractivity contribution in [3.63, 3.8) is 0 Å². The number of para-hydroxylation sites is 1. The zero-order chi connectivity index (χ0) is 20.8. The number of hydrogen-bond donors (Lipinski definition) is 2. The molecule has 1 aliphatic rings. The van der Waals surface area contributed by atoms with Gasteiger partial charge in [-0.25, -0.2) is 0 Å². The number of nitrogens with one attached hydrogen (secondary N) is 2. The van der Waals surface area contributed by atoms with E-state index in [0.29, 0.717) is 35.0 Å². The molecule has 3 aromatic carbocycles. The van der Waals surface area contributed by atoms with Crippen LogP contribution in [0.15, 0.2) is 72.8 Å². The Balaban J connectivity index is 1.35. The highest BCUT2D eigenvalue weighted by Gasteiger charge is 2.16.